The summed E-state index contributed by atoms with van der Waals surface area (Å²) in [5.74, 6) is -0.507. The fourth-order valence-corrected chi connectivity index (χ4v) is 1.92. The van der Waals surface area contributed by atoms with Crippen molar-refractivity contribution in [2.24, 2.45) is 0 Å². The lowest BCUT2D eigenvalue weighted by Crippen LogP contribution is -2.31. The number of ether oxygens (including phenoxy) is 1. The summed E-state index contributed by atoms with van der Waals surface area (Å²) in [7, 11) is 0. The minimum Gasteiger partial charge on any atom is -0.462 e. The van der Waals surface area contributed by atoms with Crippen LogP contribution >= 0.6 is 11.6 Å². The zero-order valence-electron chi connectivity index (χ0n) is 10.00. The molecule has 1 aliphatic rings. The molecule has 2 rings (SSSR count). The van der Waals surface area contributed by atoms with Gasteiger partial charge in [0.2, 0.25) is 5.00 Å². The molecule has 104 valence electrons. The standard InChI is InChI=1S/C12H11ClF3NO2/c1-2-19-10(18)8-3-5-9(6-4-8)17-7-11(17,13)12(14,15)16/h3-6H,2,7H2,1H3. The summed E-state index contributed by atoms with van der Waals surface area (Å²) < 4.78 is 42.6. The lowest BCUT2D eigenvalue weighted by atomic mass is 10.2. The van der Waals surface area contributed by atoms with E-state index in [4.69, 9.17) is 16.3 Å². The molecule has 0 N–H and O–H groups in total. The van der Waals surface area contributed by atoms with Crippen LogP contribution < -0.4 is 4.90 Å². The quantitative estimate of drug-likeness (QED) is 0.371. The van der Waals surface area contributed by atoms with Crippen molar-refractivity contribution in [2.75, 3.05) is 18.1 Å². The summed E-state index contributed by atoms with van der Waals surface area (Å²) >= 11 is 5.48. The van der Waals surface area contributed by atoms with Gasteiger partial charge in [0.15, 0.2) is 0 Å². The van der Waals surface area contributed by atoms with Gasteiger partial charge in [0.05, 0.1) is 18.7 Å². The number of esters is 1. The number of nitrogens with zero attached hydrogens (tertiary/aromatic N) is 1. The third-order valence-electron chi connectivity index (χ3n) is 2.82. The normalized spacial score (nSPS) is 22.3. The molecule has 1 aromatic carbocycles. The third kappa shape index (κ3) is 2.49. The van der Waals surface area contributed by atoms with Gasteiger partial charge < -0.3 is 9.64 Å². The van der Waals surface area contributed by atoms with Crippen LogP contribution in [-0.2, 0) is 4.74 Å². The number of carbonyl (C=O) groups excluding carboxylic acids is 1. The zero-order valence-corrected chi connectivity index (χ0v) is 10.8. The molecule has 7 heteroatoms. The summed E-state index contributed by atoms with van der Waals surface area (Å²) in [6.45, 7) is 1.62. The zero-order chi connectivity index (χ0) is 14.3. The van der Waals surface area contributed by atoms with Crippen molar-refractivity contribution in [2.45, 2.75) is 18.1 Å². The molecule has 0 bridgehead atoms. The first-order valence-electron chi connectivity index (χ1n) is 5.60. The van der Waals surface area contributed by atoms with E-state index in [-0.39, 0.29) is 13.2 Å². The van der Waals surface area contributed by atoms with Gasteiger partial charge in [-0.1, -0.05) is 11.6 Å². The lowest BCUT2D eigenvalue weighted by Gasteiger charge is -2.15. The molecule has 1 aliphatic heterocycles. The average Bonchev–Trinajstić information content (AvgIpc) is 3.03. The molecule has 1 atom stereocenters. The van der Waals surface area contributed by atoms with Gasteiger partial charge in [0, 0.05) is 5.69 Å². The Labute approximate surface area is 112 Å². The topological polar surface area (TPSA) is 29.3 Å². The second-order valence-corrected chi connectivity index (χ2v) is 4.74. The van der Waals surface area contributed by atoms with Crippen LogP contribution in [0.4, 0.5) is 18.9 Å². The first-order valence-corrected chi connectivity index (χ1v) is 5.98. The van der Waals surface area contributed by atoms with Gasteiger partial charge in [0.1, 0.15) is 0 Å². The van der Waals surface area contributed by atoms with Crippen LogP contribution in [0.15, 0.2) is 24.3 Å². The van der Waals surface area contributed by atoms with E-state index in [0.29, 0.717) is 11.3 Å². The van der Waals surface area contributed by atoms with Crippen LogP contribution in [-0.4, -0.2) is 30.3 Å². The van der Waals surface area contributed by atoms with E-state index in [9.17, 15) is 18.0 Å². The number of hydrogen-bond acceptors (Lipinski definition) is 3. The number of rotatable bonds is 3. The minimum absolute atomic E-state index is 0.242. The third-order valence-corrected chi connectivity index (χ3v) is 3.35. The molecule has 0 amide bonds. The predicted octanol–water partition coefficient (Wildman–Crippen LogP) is 3.18. The molecule has 0 spiro atoms. The van der Waals surface area contributed by atoms with Gasteiger partial charge in [-0.3, -0.25) is 0 Å². The van der Waals surface area contributed by atoms with Gasteiger partial charge >= 0.3 is 12.1 Å². The van der Waals surface area contributed by atoms with E-state index in [2.05, 4.69) is 0 Å². The largest absolute Gasteiger partial charge is 0.462 e. The van der Waals surface area contributed by atoms with Crippen LogP contribution in [0.3, 0.4) is 0 Å². The number of halogens is 4. The Morgan fingerprint density at radius 2 is 2.00 bits per heavy atom. The molecule has 1 aromatic rings. The maximum atomic E-state index is 12.6. The van der Waals surface area contributed by atoms with Crippen molar-refractivity contribution in [3.8, 4) is 0 Å². The maximum Gasteiger partial charge on any atom is 0.427 e. The number of carbonyl (C=O) groups is 1. The van der Waals surface area contributed by atoms with Gasteiger partial charge in [-0.15, -0.1) is 0 Å². The highest BCUT2D eigenvalue weighted by molar-refractivity contribution is 6.29. The van der Waals surface area contributed by atoms with Crippen molar-refractivity contribution in [1.82, 2.24) is 0 Å². The number of alkyl halides is 4. The molecule has 1 unspecified atom stereocenters. The van der Waals surface area contributed by atoms with Crippen molar-refractivity contribution in [3.05, 3.63) is 29.8 Å². The molecular formula is C12H11ClF3NO2. The van der Waals surface area contributed by atoms with Gasteiger partial charge in [-0.05, 0) is 31.2 Å². The van der Waals surface area contributed by atoms with E-state index in [1.54, 1.807) is 6.92 Å². The first-order chi connectivity index (χ1) is 8.79. The van der Waals surface area contributed by atoms with E-state index >= 15 is 0 Å². The monoisotopic (exact) mass is 293 g/mol. The predicted molar refractivity (Wildman–Crippen MR) is 64.4 cm³/mol. The van der Waals surface area contributed by atoms with Gasteiger partial charge in [-0.25, -0.2) is 4.79 Å². The van der Waals surface area contributed by atoms with E-state index in [1.807, 2.05) is 0 Å². The minimum atomic E-state index is -4.49. The highest BCUT2D eigenvalue weighted by Gasteiger charge is 2.69. The SMILES string of the molecule is CCOC(=O)c1ccc(N2CC2(Cl)C(F)(F)F)cc1. The summed E-state index contributed by atoms with van der Waals surface area (Å²) in [4.78, 5) is 10.1. The van der Waals surface area contributed by atoms with Crippen LogP contribution in [0.1, 0.15) is 17.3 Å². The lowest BCUT2D eigenvalue weighted by molar-refractivity contribution is -0.136. The van der Waals surface area contributed by atoms with E-state index < -0.39 is 17.1 Å². The summed E-state index contributed by atoms with van der Waals surface area (Å²) in [5.41, 5.74) is 0.611. The number of anilines is 1. The van der Waals surface area contributed by atoms with Gasteiger partial charge in [-0.2, -0.15) is 13.2 Å². The van der Waals surface area contributed by atoms with Crippen LogP contribution in [0.5, 0.6) is 0 Å². The molecule has 3 nitrogen and oxygen atoms in total. The Morgan fingerprint density at radius 3 is 2.42 bits per heavy atom. The Morgan fingerprint density at radius 1 is 1.42 bits per heavy atom. The highest BCUT2D eigenvalue weighted by atomic mass is 35.5. The summed E-state index contributed by atoms with van der Waals surface area (Å²) in [6, 6.07) is 5.67. The summed E-state index contributed by atoms with van der Waals surface area (Å²) in [6.07, 6.45) is -4.49. The first kappa shape index (κ1) is 14.0. The second-order valence-electron chi connectivity index (χ2n) is 4.11. The molecule has 19 heavy (non-hydrogen) atoms. The number of benzene rings is 1. The molecule has 0 aliphatic carbocycles. The van der Waals surface area contributed by atoms with Crippen LogP contribution in [0, 0.1) is 0 Å². The molecule has 1 fully saturated rings. The smallest absolute Gasteiger partial charge is 0.427 e. The van der Waals surface area contributed by atoms with Gasteiger partial charge in [0.25, 0.3) is 0 Å². The Hall–Kier alpha value is -1.43. The van der Waals surface area contributed by atoms with Crippen LogP contribution in [0.25, 0.3) is 0 Å². The van der Waals surface area contributed by atoms with Crippen LogP contribution in [0.2, 0.25) is 0 Å². The van der Waals surface area contributed by atoms with E-state index in [1.165, 1.54) is 24.3 Å². The van der Waals surface area contributed by atoms with Crippen molar-refractivity contribution < 1.29 is 22.7 Å². The maximum absolute atomic E-state index is 12.6. The van der Waals surface area contributed by atoms with E-state index in [0.717, 1.165) is 4.90 Å². The fraction of sp³-hybridized carbons (Fsp3) is 0.417. The fourth-order valence-electron chi connectivity index (χ4n) is 1.70. The highest BCUT2D eigenvalue weighted by Crippen LogP contribution is 2.52. The van der Waals surface area contributed by atoms with Crippen molar-refractivity contribution in [3.63, 3.8) is 0 Å². The molecule has 1 saturated heterocycles. The van der Waals surface area contributed by atoms with Crippen molar-refractivity contribution >= 4 is 23.3 Å². The molecule has 1 heterocycles. The molecule has 0 aromatic heterocycles. The molecular weight excluding hydrogens is 283 g/mol. The second kappa shape index (κ2) is 4.59. The Bertz CT molecular complexity index is 489. The summed E-state index contributed by atoms with van der Waals surface area (Å²) in [5, 5.41) is 0. The Balaban J connectivity index is 2.11. The molecule has 0 saturated carbocycles. The molecule has 0 radical (unpaired) electrons. The average molecular weight is 294 g/mol. The Kier molecular flexibility index (Phi) is 3.38. The van der Waals surface area contributed by atoms with Crippen molar-refractivity contribution in [1.29, 1.82) is 0 Å². The number of hydrogen-bond donors (Lipinski definition) is 0.